The quantitative estimate of drug-likeness (QED) is 0.448. The maximum atomic E-state index is 13.5. The van der Waals surface area contributed by atoms with Crippen LogP contribution in [0.4, 0.5) is 10.5 Å². The zero-order valence-corrected chi connectivity index (χ0v) is 18.6. The van der Waals surface area contributed by atoms with Gasteiger partial charge in [-0.05, 0) is 37.1 Å². The minimum atomic E-state index is -0.600. The smallest absolute Gasteiger partial charge is 0.332 e. The zero-order chi connectivity index (χ0) is 23.1. The number of anilines is 1. The van der Waals surface area contributed by atoms with Gasteiger partial charge in [-0.2, -0.15) is 0 Å². The number of nitrogens with zero attached hydrogens (tertiary/aromatic N) is 2. The Morgan fingerprint density at radius 2 is 1.91 bits per heavy atom. The van der Waals surface area contributed by atoms with E-state index in [1.54, 1.807) is 36.3 Å². The summed E-state index contributed by atoms with van der Waals surface area (Å²) in [5.74, 6) is -0.626. The van der Waals surface area contributed by atoms with Crippen molar-refractivity contribution < 1.29 is 19.1 Å². The number of nitrogens with one attached hydrogen (secondary N) is 2. The lowest BCUT2D eigenvalue weighted by atomic mass is 9.93. The maximum Gasteiger partial charge on any atom is 0.332 e. The standard InChI is InChI=1S/C25H26N4O4/c1-15-22-18(16-8-3-5-10-19(16)27-22)14-21-24(31)29(25(32)28(15)21)20-11-6-4-9-17(20)23(30)26-12-7-13-33-2/h3-6,8-11,15,21,27H,7,12-14H2,1-2H3,(H,26,30)/t15-,21-/m0/s1. The second-order valence-corrected chi connectivity index (χ2v) is 8.44. The zero-order valence-electron chi connectivity index (χ0n) is 18.6. The van der Waals surface area contributed by atoms with Gasteiger partial charge in [-0.25, -0.2) is 9.69 Å². The number of imide groups is 1. The number of hydrogen-bond acceptors (Lipinski definition) is 4. The summed E-state index contributed by atoms with van der Waals surface area (Å²) in [4.78, 5) is 46.1. The Bertz CT molecular complexity index is 1250. The lowest BCUT2D eigenvalue weighted by Gasteiger charge is -2.33. The predicted octanol–water partition coefficient (Wildman–Crippen LogP) is 3.39. The van der Waals surface area contributed by atoms with Crippen molar-refractivity contribution in [3.8, 4) is 0 Å². The van der Waals surface area contributed by atoms with Crippen molar-refractivity contribution in [1.82, 2.24) is 15.2 Å². The first-order valence-corrected chi connectivity index (χ1v) is 11.1. The third-order valence-corrected chi connectivity index (χ3v) is 6.53. The van der Waals surface area contributed by atoms with Crippen molar-refractivity contribution in [2.45, 2.75) is 31.8 Å². The van der Waals surface area contributed by atoms with Gasteiger partial charge in [0.2, 0.25) is 0 Å². The van der Waals surface area contributed by atoms with Crippen LogP contribution in [0.3, 0.4) is 0 Å². The Balaban J connectivity index is 1.47. The Labute approximate surface area is 191 Å². The maximum absolute atomic E-state index is 13.5. The molecule has 1 aromatic heterocycles. The Morgan fingerprint density at radius 1 is 1.15 bits per heavy atom. The van der Waals surface area contributed by atoms with Gasteiger partial charge in [-0.1, -0.05) is 30.3 Å². The number of carbonyl (C=O) groups is 3. The van der Waals surface area contributed by atoms with Crippen molar-refractivity contribution >= 4 is 34.4 Å². The van der Waals surface area contributed by atoms with Gasteiger partial charge < -0.3 is 19.9 Å². The van der Waals surface area contributed by atoms with Crippen LogP contribution < -0.4 is 10.2 Å². The molecule has 2 aliphatic rings. The monoisotopic (exact) mass is 446 g/mol. The molecule has 2 N–H and O–H groups in total. The lowest BCUT2D eigenvalue weighted by molar-refractivity contribution is -0.120. The summed E-state index contributed by atoms with van der Waals surface area (Å²) in [5, 5.41) is 3.92. The number of amides is 4. The van der Waals surface area contributed by atoms with Gasteiger partial charge in [0.05, 0.1) is 17.3 Å². The number of hydrogen-bond donors (Lipinski definition) is 2. The van der Waals surface area contributed by atoms with Crippen LogP contribution in [0.5, 0.6) is 0 Å². The lowest BCUT2D eigenvalue weighted by Crippen LogP contribution is -2.42. The number of para-hydroxylation sites is 2. The summed E-state index contributed by atoms with van der Waals surface area (Å²) in [6.07, 6.45) is 1.11. The molecule has 0 radical (unpaired) electrons. The molecule has 8 heteroatoms. The van der Waals surface area contributed by atoms with E-state index in [0.29, 0.717) is 37.2 Å². The van der Waals surface area contributed by atoms with E-state index >= 15 is 0 Å². The SMILES string of the molecule is COCCCNC(=O)c1ccccc1N1C(=O)[C@@H]2Cc3c([nH]c4ccccc34)[C@H](C)N2C1=O. The van der Waals surface area contributed by atoms with Crippen molar-refractivity contribution in [1.29, 1.82) is 0 Å². The first kappa shape index (κ1) is 21.2. The Kier molecular flexibility index (Phi) is 5.38. The van der Waals surface area contributed by atoms with Crippen LogP contribution in [0, 0.1) is 0 Å². The number of methoxy groups -OCH3 is 1. The van der Waals surface area contributed by atoms with E-state index in [-0.39, 0.29) is 17.9 Å². The first-order valence-electron chi connectivity index (χ1n) is 11.1. The van der Waals surface area contributed by atoms with Crippen LogP contribution in [0.1, 0.15) is 41.0 Å². The van der Waals surface area contributed by atoms with Crippen LogP contribution >= 0.6 is 0 Å². The second-order valence-electron chi connectivity index (χ2n) is 8.44. The van der Waals surface area contributed by atoms with Crippen LogP contribution in [-0.4, -0.2) is 54.0 Å². The average molecular weight is 447 g/mol. The fraction of sp³-hybridized carbons (Fsp3) is 0.320. The highest BCUT2D eigenvalue weighted by Gasteiger charge is 2.52. The number of benzene rings is 2. The highest BCUT2D eigenvalue weighted by atomic mass is 16.5. The van der Waals surface area contributed by atoms with Crippen LogP contribution in [-0.2, 0) is 16.0 Å². The van der Waals surface area contributed by atoms with E-state index < -0.39 is 12.1 Å². The van der Waals surface area contributed by atoms with Gasteiger partial charge in [-0.3, -0.25) is 9.59 Å². The van der Waals surface area contributed by atoms with Crippen molar-refractivity contribution in [3.63, 3.8) is 0 Å². The second kappa shape index (κ2) is 8.37. The van der Waals surface area contributed by atoms with Gasteiger partial charge in [0, 0.05) is 43.3 Å². The predicted molar refractivity (Wildman–Crippen MR) is 124 cm³/mol. The molecular formula is C25H26N4O4. The summed E-state index contributed by atoms with van der Waals surface area (Å²) in [6, 6.07) is 13.4. The van der Waals surface area contributed by atoms with Crippen LogP contribution in [0.25, 0.3) is 10.9 Å². The fourth-order valence-electron chi connectivity index (χ4n) is 4.96. The normalized spacial score (nSPS) is 19.7. The molecule has 0 saturated carbocycles. The first-order chi connectivity index (χ1) is 16.0. The number of fused-ring (bicyclic) bond motifs is 4. The van der Waals surface area contributed by atoms with E-state index in [0.717, 1.165) is 22.2 Å². The molecule has 5 rings (SSSR count). The minimum Gasteiger partial charge on any atom is -0.385 e. The van der Waals surface area contributed by atoms with Gasteiger partial charge in [0.25, 0.3) is 11.8 Å². The molecule has 170 valence electrons. The molecule has 2 aliphatic heterocycles. The number of aromatic amines is 1. The molecule has 33 heavy (non-hydrogen) atoms. The molecule has 8 nitrogen and oxygen atoms in total. The molecule has 3 heterocycles. The van der Waals surface area contributed by atoms with Crippen LogP contribution in [0.2, 0.25) is 0 Å². The molecule has 1 fully saturated rings. The minimum absolute atomic E-state index is 0.289. The third-order valence-electron chi connectivity index (χ3n) is 6.53. The van der Waals surface area contributed by atoms with Gasteiger partial charge in [0.1, 0.15) is 6.04 Å². The van der Waals surface area contributed by atoms with Gasteiger partial charge >= 0.3 is 6.03 Å². The highest BCUT2D eigenvalue weighted by Crippen LogP contribution is 2.42. The average Bonchev–Trinajstić information content (AvgIpc) is 3.32. The van der Waals surface area contributed by atoms with E-state index in [2.05, 4.69) is 10.3 Å². The summed E-state index contributed by atoms with van der Waals surface area (Å²) in [5.41, 5.74) is 3.65. The number of H-pyrrole nitrogens is 1. The molecule has 0 aliphatic carbocycles. The molecule has 0 bridgehead atoms. The Hall–Kier alpha value is -3.65. The Morgan fingerprint density at radius 3 is 2.73 bits per heavy atom. The number of ether oxygens (including phenoxy) is 1. The number of rotatable bonds is 6. The third kappa shape index (κ3) is 3.38. The highest BCUT2D eigenvalue weighted by molar-refractivity contribution is 6.24. The number of urea groups is 1. The van der Waals surface area contributed by atoms with Crippen LogP contribution in [0.15, 0.2) is 48.5 Å². The van der Waals surface area contributed by atoms with Crippen molar-refractivity contribution in [2.24, 2.45) is 0 Å². The van der Waals surface area contributed by atoms with E-state index in [9.17, 15) is 14.4 Å². The van der Waals surface area contributed by atoms with Crippen molar-refractivity contribution in [2.75, 3.05) is 25.2 Å². The van der Waals surface area contributed by atoms with E-state index in [4.69, 9.17) is 4.74 Å². The summed E-state index contributed by atoms with van der Waals surface area (Å²) in [6.45, 7) is 2.91. The van der Waals surface area contributed by atoms with E-state index in [1.807, 2.05) is 31.2 Å². The molecule has 2 aromatic carbocycles. The molecule has 2 atom stereocenters. The van der Waals surface area contributed by atoms with E-state index in [1.165, 1.54) is 4.90 Å². The molecular weight excluding hydrogens is 420 g/mol. The molecule has 0 unspecified atom stereocenters. The van der Waals surface area contributed by atoms with Gasteiger partial charge in [0.15, 0.2) is 0 Å². The number of aromatic nitrogens is 1. The summed E-state index contributed by atoms with van der Waals surface area (Å²) in [7, 11) is 1.61. The molecule has 0 spiro atoms. The molecule has 1 saturated heterocycles. The fourth-order valence-corrected chi connectivity index (χ4v) is 4.96. The topological polar surface area (TPSA) is 94.7 Å². The van der Waals surface area contributed by atoms with Crippen molar-refractivity contribution in [3.05, 3.63) is 65.4 Å². The van der Waals surface area contributed by atoms with Gasteiger partial charge in [-0.15, -0.1) is 0 Å². The largest absolute Gasteiger partial charge is 0.385 e. The summed E-state index contributed by atoms with van der Waals surface area (Å²) >= 11 is 0. The molecule has 4 amide bonds. The summed E-state index contributed by atoms with van der Waals surface area (Å²) < 4.78 is 5.02. The molecule has 3 aromatic rings. The number of carbonyl (C=O) groups excluding carboxylic acids is 3.